The van der Waals surface area contributed by atoms with Crippen LogP contribution in [-0.2, 0) is 10.0 Å². The summed E-state index contributed by atoms with van der Waals surface area (Å²) in [5, 5.41) is 3.00. The van der Waals surface area contributed by atoms with Gasteiger partial charge in [0.1, 0.15) is 5.75 Å². The molecule has 0 saturated heterocycles. The van der Waals surface area contributed by atoms with E-state index in [4.69, 9.17) is 4.74 Å². The van der Waals surface area contributed by atoms with Crippen molar-refractivity contribution >= 4 is 15.9 Å². The largest absolute Gasteiger partial charge is 0.497 e. The summed E-state index contributed by atoms with van der Waals surface area (Å²) in [6.07, 6.45) is 1.45. The van der Waals surface area contributed by atoms with Gasteiger partial charge in [-0.25, -0.2) is 13.1 Å². The van der Waals surface area contributed by atoms with E-state index in [-0.39, 0.29) is 34.9 Å². The van der Waals surface area contributed by atoms with Gasteiger partial charge in [-0.15, -0.1) is 6.58 Å². The van der Waals surface area contributed by atoms with Crippen molar-refractivity contribution in [3.05, 3.63) is 72.3 Å². The van der Waals surface area contributed by atoms with Gasteiger partial charge in [-0.05, 0) is 41.8 Å². The fourth-order valence-corrected chi connectivity index (χ4v) is 3.77. The number of hydrogen-bond acceptors (Lipinski definition) is 4. The second kappa shape index (κ2) is 9.52. The van der Waals surface area contributed by atoms with Gasteiger partial charge in [-0.3, -0.25) is 4.79 Å². The summed E-state index contributed by atoms with van der Waals surface area (Å²) in [6, 6.07) is 13.2. The van der Waals surface area contributed by atoms with Crippen molar-refractivity contribution in [1.82, 2.24) is 10.0 Å². The van der Waals surface area contributed by atoms with Gasteiger partial charge in [0.25, 0.3) is 5.91 Å². The Balaban J connectivity index is 2.24. The van der Waals surface area contributed by atoms with Gasteiger partial charge in [0, 0.05) is 12.1 Å². The van der Waals surface area contributed by atoms with E-state index in [1.54, 1.807) is 19.2 Å². The monoisotopic (exact) mass is 402 g/mol. The van der Waals surface area contributed by atoms with Crippen LogP contribution >= 0.6 is 0 Å². The zero-order chi connectivity index (χ0) is 20.7. The molecule has 0 aliphatic carbocycles. The zero-order valence-electron chi connectivity index (χ0n) is 16.3. The molecule has 0 aromatic heterocycles. The summed E-state index contributed by atoms with van der Waals surface area (Å²) >= 11 is 0. The van der Waals surface area contributed by atoms with Crippen LogP contribution < -0.4 is 14.8 Å². The Labute approximate surface area is 166 Å². The number of hydrogen-bond donors (Lipinski definition) is 2. The highest BCUT2D eigenvalue weighted by molar-refractivity contribution is 7.89. The van der Waals surface area contributed by atoms with Crippen molar-refractivity contribution in [2.24, 2.45) is 5.92 Å². The van der Waals surface area contributed by atoms with E-state index in [0.717, 1.165) is 11.3 Å². The molecule has 28 heavy (non-hydrogen) atoms. The second-order valence-corrected chi connectivity index (χ2v) is 8.40. The lowest BCUT2D eigenvalue weighted by Gasteiger charge is -2.23. The van der Waals surface area contributed by atoms with Gasteiger partial charge in [-0.1, -0.05) is 38.1 Å². The molecule has 2 aromatic rings. The maximum absolute atomic E-state index is 12.8. The molecule has 0 aliphatic rings. The van der Waals surface area contributed by atoms with Crippen molar-refractivity contribution in [3.8, 4) is 5.75 Å². The molecule has 2 aromatic carbocycles. The minimum atomic E-state index is -3.70. The van der Waals surface area contributed by atoms with Crippen LogP contribution in [0.5, 0.6) is 5.75 Å². The smallest absolute Gasteiger partial charge is 0.251 e. The van der Waals surface area contributed by atoms with Crippen LogP contribution in [0.1, 0.15) is 35.8 Å². The first-order valence-corrected chi connectivity index (χ1v) is 10.4. The minimum Gasteiger partial charge on any atom is -0.497 e. The molecule has 1 amide bonds. The molecule has 0 saturated carbocycles. The SMILES string of the molecule is C=CCNS(=O)(=O)c1cccc(C(=O)NC(c2ccc(OC)cc2)C(C)C)c1. The van der Waals surface area contributed by atoms with E-state index >= 15 is 0 Å². The Bertz CT molecular complexity index is 922. The van der Waals surface area contributed by atoms with E-state index in [1.807, 2.05) is 38.1 Å². The summed E-state index contributed by atoms with van der Waals surface area (Å²) in [5.41, 5.74) is 1.22. The van der Waals surface area contributed by atoms with E-state index in [1.165, 1.54) is 18.2 Å². The predicted octanol–water partition coefficient (Wildman–Crippen LogP) is 3.29. The van der Waals surface area contributed by atoms with E-state index in [0.29, 0.717) is 0 Å². The second-order valence-electron chi connectivity index (χ2n) is 6.64. The van der Waals surface area contributed by atoms with Crippen molar-refractivity contribution < 1.29 is 17.9 Å². The number of nitrogens with one attached hydrogen (secondary N) is 2. The number of rotatable bonds is 9. The minimum absolute atomic E-state index is 0.0348. The highest BCUT2D eigenvalue weighted by Crippen LogP contribution is 2.24. The topological polar surface area (TPSA) is 84.5 Å². The number of amides is 1. The fourth-order valence-electron chi connectivity index (χ4n) is 2.73. The maximum atomic E-state index is 12.8. The molecule has 2 N–H and O–H groups in total. The number of sulfonamides is 1. The van der Waals surface area contributed by atoms with Crippen molar-refractivity contribution in [2.45, 2.75) is 24.8 Å². The number of carbonyl (C=O) groups excluding carboxylic acids is 1. The molecule has 150 valence electrons. The van der Waals surface area contributed by atoms with Crippen molar-refractivity contribution in [2.75, 3.05) is 13.7 Å². The Morgan fingerprint density at radius 2 is 1.86 bits per heavy atom. The Morgan fingerprint density at radius 1 is 1.18 bits per heavy atom. The number of methoxy groups -OCH3 is 1. The summed E-state index contributed by atoms with van der Waals surface area (Å²) < 4.78 is 32.1. The van der Waals surface area contributed by atoms with Gasteiger partial charge in [0.05, 0.1) is 18.0 Å². The molecular formula is C21H26N2O4S. The van der Waals surface area contributed by atoms with Crippen molar-refractivity contribution in [1.29, 1.82) is 0 Å². The fraction of sp³-hybridized carbons (Fsp3) is 0.286. The van der Waals surface area contributed by atoms with Gasteiger partial charge in [-0.2, -0.15) is 0 Å². The molecule has 1 atom stereocenters. The average Bonchev–Trinajstić information content (AvgIpc) is 2.70. The lowest BCUT2D eigenvalue weighted by molar-refractivity contribution is 0.0925. The summed E-state index contributed by atoms with van der Waals surface area (Å²) in [4.78, 5) is 12.8. The van der Waals surface area contributed by atoms with Crippen LogP contribution in [0.2, 0.25) is 0 Å². The Kier molecular flexibility index (Phi) is 7.37. The molecule has 0 fully saturated rings. The van der Waals surface area contributed by atoms with Gasteiger partial charge >= 0.3 is 0 Å². The third kappa shape index (κ3) is 5.43. The summed E-state index contributed by atoms with van der Waals surface area (Å²) in [7, 11) is -2.10. The van der Waals surface area contributed by atoms with Gasteiger partial charge in [0.2, 0.25) is 10.0 Å². The van der Waals surface area contributed by atoms with E-state index in [2.05, 4.69) is 16.6 Å². The normalized spacial score (nSPS) is 12.4. The van der Waals surface area contributed by atoms with Crippen LogP contribution in [0, 0.1) is 5.92 Å². The molecule has 0 aliphatic heterocycles. The average molecular weight is 403 g/mol. The highest BCUT2D eigenvalue weighted by atomic mass is 32.2. The van der Waals surface area contributed by atoms with Crippen LogP contribution in [0.3, 0.4) is 0 Å². The first kappa shape index (κ1) is 21.7. The molecule has 2 rings (SSSR count). The number of ether oxygens (including phenoxy) is 1. The Morgan fingerprint density at radius 3 is 2.43 bits per heavy atom. The lowest BCUT2D eigenvalue weighted by Crippen LogP contribution is -2.32. The standard InChI is InChI=1S/C21H26N2O4S/c1-5-13-22-28(25,26)19-8-6-7-17(14-19)21(24)23-20(15(2)3)16-9-11-18(27-4)12-10-16/h5-12,14-15,20,22H,1,13H2,2-4H3,(H,23,24). The first-order valence-electron chi connectivity index (χ1n) is 8.94. The molecule has 0 bridgehead atoms. The van der Waals surface area contributed by atoms with Crippen LogP contribution in [-0.4, -0.2) is 28.0 Å². The Hall–Kier alpha value is -2.64. The summed E-state index contributed by atoms with van der Waals surface area (Å²) in [5.74, 6) is 0.538. The molecule has 7 heteroatoms. The van der Waals surface area contributed by atoms with Crippen LogP contribution in [0.25, 0.3) is 0 Å². The number of carbonyl (C=O) groups is 1. The van der Waals surface area contributed by atoms with Gasteiger partial charge in [0.15, 0.2) is 0 Å². The lowest BCUT2D eigenvalue weighted by atomic mass is 9.95. The molecule has 0 spiro atoms. The highest BCUT2D eigenvalue weighted by Gasteiger charge is 2.21. The molecule has 6 nitrogen and oxygen atoms in total. The van der Waals surface area contributed by atoms with E-state index < -0.39 is 10.0 Å². The summed E-state index contributed by atoms with van der Waals surface area (Å²) in [6.45, 7) is 7.63. The molecule has 0 heterocycles. The molecule has 1 unspecified atom stereocenters. The third-order valence-electron chi connectivity index (χ3n) is 4.25. The predicted molar refractivity (Wildman–Crippen MR) is 110 cm³/mol. The zero-order valence-corrected chi connectivity index (χ0v) is 17.1. The van der Waals surface area contributed by atoms with E-state index in [9.17, 15) is 13.2 Å². The van der Waals surface area contributed by atoms with Crippen LogP contribution in [0.4, 0.5) is 0 Å². The number of benzene rings is 2. The molecular weight excluding hydrogens is 376 g/mol. The first-order chi connectivity index (χ1) is 13.3. The van der Waals surface area contributed by atoms with Crippen molar-refractivity contribution in [3.63, 3.8) is 0 Å². The third-order valence-corrected chi connectivity index (χ3v) is 5.67. The maximum Gasteiger partial charge on any atom is 0.251 e. The van der Waals surface area contributed by atoms with Gasteiger partial charge < -0.3 is 10.1 Å². The van der Waals surface area contributed by atoms with Crippen LogP contribution in [0.15, 0.2) is 66.1 Å². The quantitative estimate of drug-likeness (QED) is 0.631. The molecule has 0 radical (unpaired) electrons.